The standard InChI is InChI=1S/C26H32N2O4/c1-5-32-21-11-9-19(10-12-21)18-28-15-7-14-27-13-6-8-22(27)25(28)20-16-23(29-2)26(31-4)24(17-20)30-3/h6,8-13,16-17,25H,5,7,14-15,18H2,1-4H3. The summed E-state index contributed by atoms with van der Waals surface area (Å²) in [5.74, 6) is 2.86. The van der Waals surface area contributed by atoms with Crippen LogP contribution in [-0.4, -0.2) is 43.9 Å². The Kier molecular flexibility index (Phi) is 6.90. The fourth-order valence-corrected chi connectivity index (χ4v) is 4.54. The van der Waals surface area contributed by atoms with E-state index in [-0.39, 0.29) is 6.04 Å². The van der Waals surface area contributed by atoms with E-state index in [9.17, 15) is 0 Å². The van der Waals surface area contributed by atoms with E-state index in [4.69, 9.17) is 18.9 Å². The normalized spacial score (nSPS) is 16.2. The van der Waals surface area contributed by atoms with Crippen LogP contribution in [0.3, 0.4) is 0 Å². The molecule has 0 bridgehead atoms. The Morgan fingerprint density at radius 2 is 1.62 bits per heavy atom. The molecule has 0 radical (unpaired) electrons. The summed E-state index contributed by atoms with van der Waals surface area (Å²) in [4.78, 5) is 2.52. The summed E-state index contributed by atoms with van der Waals surface area (Å²) < 4.78 is 24.8. The van der Waals surface area contributed by atoms with Crippen molar-refractivity contribution in [3.05, 3.63) is 71.5 Å². The zero-order valence-electron chi connectivity index (χ0n) is 19.3. The molecular formula is C26H32N2O4. The number of nitrogens with zero attached hydrogens (tertiary/aromatic N) is 2. The van der Waals surface area contributed by atoms with E-state index in [0.29, 0.717) is 23.9 Å². The smallest absolute Gasteiger partial charge is 0.203 e. The molecule has 3 aromatic rings. The highest BCUT2D eigenvalue weighted by molar-refractivity contribution is 5.55. The van der Waals surface area contributed by atoms with E-state index in [1.807, 2.05) is 19.1 Å². The largest absolute Gasteiger partial charge is 0.494 e. The highest BCUT2D eigenvalue weighted by atomic mass is 16.5. The molecule has 1 aliphatic rings. The Bertz CT molecular complexity index is 1000. The van der Waals surface area contributed by atoms with Crippen LogP contribution in [0.4, 0.5) is 0 Å². The summed E-state index contributed by atoms with van der Waals surface area (Å²) >= 11 is 0. The molecule has 2 heterocycles. The monoisotopic (exact) mass is 436 g/mol. The molecule has 6 nitrogen and oxygen atoms in total. The van der Waals surface area contributed by atoms with Crippen LogP contribution in [0.25, 0.3) is 0 Å². The van der Waals surface area contributed by atoms with Gasteiger partial charge in [0.25, 0.3) is 0 Å². The third kappa shape index (κ3) is 4.41. The van der Waals surface area contributed by atoms with Gasteiger partial charge in [-0.2, -0.15) is 0 Å². The number of methoxy groups -OCH3 is 3. The van der Waals surface area contributed by atoms with E-state index < -0.39 is 0 Å². The molecule has 1 aromatic heterocycles. The average Bonchev–Trinajstić information content (AvgIpc) is 3.20. The Balaban J connectivity index is 1.75. The van der Waals surface area contributed by atoms with Crippen molar-refractivity contribution in [2.45, 2.75) is 32.5 Å². The van der Waals surface area contributed by atoms with Crippen LogP contribution in [0.5, 0.6) is 23.0 Å². The van der Waals surface area contributed by atoms with Crippen molar-refractivity contribution in [3.8, 4) is 23.0 Å². The number of aromatic nitrogens is 1. The first-order valence-corrected chi connectivity index (χ1v) is 11.1. The summed E-state index contributed by atoms with van der Waals surface area (Å²) in [6, 6.07) is 16.9. The van der Waals surface area contributed by atoms with Crippen molar-refractivity contribution in [1.29, 1.82) is 0 Å². The van der Waals surface area contributed by atoms with Crippen LogP contribution in [0.1, 0.15) is 36.2 Å². The number of aryl methyl sites for hydroxylation is 1. The van der Waals surface area contributed by atoms with E-state index in [0.717, 1.165) is 37.4 Å². The maximum absolute atomic E-state index is 5.66. The Morgan fingerprint density at radius 1 is 0.906 bits per heavy atom. The summed E-state index contributed by atoms with van der Waals surface area (Å²) in [6.45, 7) is 5.49. The highest BCUT2D eigenvalue weighted by Crippen LogP contribution is 2.43. The van der Waals surface area contributed by atoms with E-state index >= 15 is 0 Å². The molecule has 0 spiro atoms. The quantitative estimate of drug-likeness (QED) is 0.502. The van der Waals surface area contributed by atoms with Gasteiger partial charge in [-0.25, -0.2) is 0 Å². The van der Waals surface area contributed by atoms with Gasteiger partial charge in [-0.05, 0) is 60.9 Å². The molecule has 0 fully saturated rings. The minimum Gasteiger partial charge on any atom is -0.494 e. The molecule has 4 rings (SSSR count). The summed E-state index contributed by atoms with van der Waals surface area (Å²) in [5.41, 5.74) is 3.64. The van der Waals surface area contributed by atoms with Crippen LogP contribution in [0, 0.1) is 0 Å². The minimum atomic E-state index is 0.0628. The number of benzene rings is 2. The first-order chi connectivity index (χ1) is 15.7. The van der Waals surface area contributed by atoms with Gasteiger partial charge in [-0.3, -0.25) is 4.90 Å². The van der Waals surface area contributed by atoms with Gasteiger partial charge in [0.15, 0.2) is 11.5 Å². The lowest BCUT2D eigenvalue weighted by atomic mass is 9.99. The Labute approximate surface area is 190 Å². The molecule has 32 heavy (non-hydrogen) atoms. The van der Waals surface area contributed by atoms with Crippen molar-refractivity contribution < 1.29 is 18.9 Å². The molecule has 1 aliphatic heterocycles. The number of hydrogen-bond acceptors (Lipinski definition) is 5. The minimum absolute atomic E-state index is 0.0628. The van der Waals surface area contributed by atoms with Gasteiger partial charge in [0, 0.05) is 31.5 Å². The summed E-state index contributed by atoms with van der Waals surface area (Å²) in [5, 5.41) is 0. The molecule has 1 atom stereocenters. The maximum Gasteiger partial charge on any atom is 0.203 e. The molecule has 0 saturated carbocycles. The molecule has 0 amide bonds. The Morgan fingerprint density at radius 3 is 2.25 bits per heavy atom. The van der Waals surface area contributed by atoms with Crippen LogP contribution >= 0.6 is 0 Å². The van der Waals surface area contributed by atoms with Gasteiger partial charge in [0.05, 0.1) is 34.0 Å². The van der Waals surface area contributed by atoms with Crippen LogP contribution < -0.4 is 18.9 Å². The van der Waals surface area contributed by atoms with Gasteiger partial charge < -0.3 is 23.5 Å². The zero-order chi connectivity index (χ0) is 22.5. The molecule has 170 valence electrons. The summed E-state index contributed by atoms with van der Waals surface area (Å²) in [7, 11) is 4.96. The molecule has 0 saturated heterocycles. The van der Waals surface area contributed by atoms with Gasteiger partial charge in [-0.1, -0.05) is 12.1 Å². The van der Waals surface area contributed by atoms with Crippen molar-refractivity contribution in [3.63, 3.8) is 0 Å². The average molecular weight is 437 g/mol. The van der Waals surface area contributed by atoms with Crippen LogP contribution in [0.2, 0.25) is 0 Å². The lowest BCUT2D eigenvalue weighted by Gasteiger charge is -2.31. The summed E-state index contributed by atoms with van der Waals surface area (Å²) in [6.07, 6.45) is 3.25. The molecule has 0 N–H and O–H groups in total. The predicted molar refractivity (Wildman–Crippen MR) is 125 cm³/mol. The predicted octanol–water partition coefficient (Wildman–Crippen LogP) is 4.91. The fraction of sp³-hybridized carbons (Fsp3) is 0.385. The second-order valence-electron chi connectivity index (χ2n) is 7.89. The van der Waals surface area contributed by atoms with E-state index in [1.165, 1.54) is 11.3 Å². The SMILES string of the molecule is CCOc1ccc(CN2CCCn3cccc3C2c2cc(OC)c(OC)c(OC)c2)cc1. The highest BCUT2D eigenvalue weighted by Gasteiger charge is 2.29. The Hall–Kier alpha value is -3.12. The third-order valence-electron chi connectivity index (χ3n) is 5.98. The fourth-order valence-electron chi connectivity index (χ4n) is 4.54. The number of ether oxygens (including phenoxy) is 4. The van der Waals surface area contributed by atoms with Crippen molar-refractivity contribution >= 4 is 0 Å². The molecule has 2 aromatic carbocycles. The van der Waals surface area contributed by atoms with Gasteiger partial charge >= 0.3 is 0 Å². The first kappa shape index (κ1) is 22.1. The number of rotatable bonds is 8. The van der Waals surface area contributed by atoms with Crippen LogP contribution in [0.15, 0.2) is 54.7 Å². The van der Waals surface area contributed by atoms with Crippen molar-refractivity contribution in [2.75, 3.05) is 34.5 Å². The van der Waals surface area contributed by atoms with Crippen molar-refractivity contribution in [2.24, 2.45) is 0 Å². The van der Waals surface area contributed by atoms with Gasteiger partial charge in [0.1, 0.15) is 5.75 Å². The molecule has 6 heteroatoms. The second-order valence-corrected chi connectivity index (χ2v) is 7.89. The van der Waals surface area contributed by atoms with Crippen molar-refractivity contribution in [1.82, 2.24) is 9.47 Å². The van der Waals surface area contributed by atoms with Gasteiger partial charge in [0.2, 0.25) is 5.75 Å². The number of fused-ring (bicyclic) bond motifs is 1. The lowest BCUT2D eigenvalue weighted by molar-refractivity contribution is 0.219. The first-order valence-electron chi connectivity index (χ1n) is 11.1. The second kappa shape index (κ2) is 10.0. The molecule has 1 unspecified atom stereocenters. The van der Waals surface area contributed by atoms with Gasteiger partial charge in [-0.15, -0.1) is 0 Å². The van der Waals surface area contributed by atoms with Crippen LogP contribution in [-0.2, 0) is 13.1 Å². The van der Waals surface area contributed by atoms with E-state index in [1.54, 1.807) is 21.3 Å². The van der Waals surface area contributed by atoms with E-state index in [2.05, 4.69) is 52.1 Å². The molecular weight excluding hydrogens is 404 g/mol. The topological polar surface area (TPSA) is 45.1 Å². The number of hydrogen-bond donors (Lipinski definition) is 0. The molecule has 0 aliphatic carbocycles. The zero-order valence-corrected chi connectivity index (χ0v) is 19.3. The third-order valence-corrected chi connectivity index (χ3v) is 5.98. The maximum atomic E-state index is 5.66. The lowest BCUT2D eigenvalue weighted by Crippen LogP contribution is -2.29.